The van der Waals surface area contributed by atoms with Gasteiger partial charge in [0.1, 0.15) is 0 Å². The molecule has 1 aromatic heterocycles. The summed E-state index contributed by atoms with van der Waals surface area (Å²) < 4.78 is 5.26. The average Bonchev–Trinajstić information content (AvgIpc) is 3.17. The van der Waals surface area contributed by atoms with Crippen LogP contribution in [0.2, 0.25) is 0 Å². The number of nitrogens with zero attached hydrogens (tertiary/aromatic N) is 3. The molecule has 3 rings (SSSR count). The number of aromatic nitrogens is 2. The molecule has 0 radical (unpaired) electrons. The van der Waals surface area contributed by atoms with Crippen LogP contribution in [0, 0.1) is 0 Å². The van der Waals surface area contributed by atoms with E-state index in [0.29, 0.717) is 37.8 Å². The van der Waals surface area contributed by atoms with E-state index in [0.717, 1.165) is 16.7 Å². The zero-order chi connectivity index (χ0) is 19.1. The molecule has 3 aromatic rings. The smallest absolute Gasteiger partial charge is 0.317 e. The van der Waals surface area contributed by atoms with Gasteiger partial charge in [0, 0.05) is 38.7 Å². The van der Waals surface area contributed by atoms with Crippen molar-refractivity contribution in [2.75, 3.05) is 13.6 Å². The summed E-state index contributed by atoms with van der Waals surface area (Å²) in [4.78, 5) is 18.2. The third-order valence-corrected chi connectivity index (χ3v) is 4.14. The monoisotopic (exact) mass is 365 g/mol. The summed E-state index contributed by atoms with van der Waals surface area (Å²) in [5.74, 6) is 1.01. The fraction of sp³-hybridized carbons (Fsp3) is 0.250. The van der Waals surface area contributed by atoms with E-state index < -0.39 is 0 Å². The summed E-state index contributed by atoms with van der Waals surface area (Å²) in [6, 6.07) is 17.4. The number of carbonyl (C=O) groups is 1. The molecule has 0 fully saturated rings. The van der Waals surface area contributed by atoms with E-state index in [1.165, 1.54) is 0 Å². The Morgan fingerprint density at radius 1 is 1.11 bits per heavy atom. The first-order valence-corrected chi connectivity index (χ1v) is 8.80. The highest BCUT2D eigenvalue weighted by Gasteiger charge is 2.11. The van der Waals surface area contributed by atoms with Gasteiger partial charge in [-0.2, -0.15) is 4.98 Å². The van der Waals surface area contributed by atoms with Crippen molar-refractivity contribution in [3.63, 3.8) is 0 Å². The molecule has 0 atom stereocenters. The van der Waals surface area contributed by atoms with Crippen molar-refractivity contribution in [3.05, 3.63) is 71.6 Å². The quantitative estimate of drug-likeness (QED) is 0.671. The molecule has 3 N–H and O–H groups in total. The van der Waals surface area contributed by atoms with Gasteiger partial charge in [-0.25, -0.2) is 4.79 Å². The Morgan fingerprint density at radius 2 is 1.85 bits per heavy atom. The Bertz CT molecular complexity index is 862. The molecule has 0 aliphatic rings. The van der Waals surface area contributed by atoms with Gasteiger partial charge in [-0.1, -0.05) is 59.8 Å². The predicted octanol–water partition coefficient (Wildman–Crippen LogP) is 2.58. The van der Waals surface area contributed by atoms with Crippen molar-refractivity contribution in [3.8, 4) is 11.4 Å². The molecule has 27 heavy (non-hydrogen) atoms. The number of nitrogens with one attached hydrogen (secondary N) is 1. The van der Waals surface area contributed by atoms with Crippen molar-refractivity contribution in [1.82, 2.24) is 20.4 Å². The fourth-order valence-electron chi connectivity index (χ4n) is 2.60. The molecular weight excluding hydrogens is 342 g/mol. The molecule has 0 spiro atoms. The Balaban J connectivity index is 1.47. The summed E-state index contributed by atoms with van der Waals surface area (Å²) in [5.41, 5.74) is 8.59. The van der Waals surface area contributed by atoms with E-state index in [4.69, 9.17) is 10.3 Å². The first kappa shape index (κ1) is 18.6. The van der Waals surface area contributed by atoms with Crippen LogP contribution >= 0.6 is 0 Å². The number of urea groups is 1. The topological polar surface area (TPSA) is 97.3 Å². The highest BCUT2D eigenvalue weighted by atomic mass is 16.5. The van der Waals surface area contributed by atoms with Crippen LogP contribution in [-0.2, 0) is 19.5 Å². The van der Waals surface area contributed by atoms with Gasteiger partial charge in [-0.15, -0.1) is 0 Å². The predicted molar refractivity (Wildman–Crippen MR) is 103 cm³/mol. The second kappa shape index (κ2) is 8.95. The van der Waals surface area contributed by atoms with Gasteiger partial charge >= 0.3 is 6.03 Å². The van der Waals surface area contributed by atoms with E-state index in [2.05, 4.69) is 15.5 Å². The maximum absolute atomic E-state index is 12.2. The van der Waals surface area contributed by atoms with E-state index in [9.17, 15) is 4.79 Å². The van der Waals surface area contributed by atoms with E-state index in [1.807, 2.05) is 54.6 Å². The van der Waals surface area contributed by atoms with Gasteiger partial charge in [-0.05, 0) is 11.1 Å². The van der Waals surface area contributed by atoms with Crippen LogP contribution < -0.4 is 11.1 Å². The van der Waals surface area contributed by atoms with Crippen molar-refractivity contribution in [2.45, 2.75) is 19.5 Å². The minimum atomic E-state index is -0.143. The molecule has 2 aromatic carbocycles. The van der Waals surface area contributed by atoms with Crippen LogP contribution in [0.1, 0.15) is 17.0 Å². The van der Waals surface area contributed by atoms with Gasteiger partial charge in [0.2, 0.25) is 11.7 Å². The van der Waals surface area contributed by atoms with E-state index >= 15 is 0 Å². The molecule has 2 amide bonds. The first-order chi connectivity index (χ1) is 13.2. The number of nitrogens with two attached hydrogens (primary N) is 1. The number of rotatable bonds is 7. The molecule has 0 unspecified atom stereocenters. The lowest BCUT2D eigenvalue weighted by molar-refractivity contribution is 0.206. The summed E-state index contributed by atoms with van der Waals surface area (Å²) in [5, 5.41) is 6.85. The standard InChI is InChI=1S/C20H23N5O2/c1-25(14-16-5-3-2-4-6-16)20(26)22-12-11-18-23-19(24-27-18)17-9-7-15(13-21)8-10-17/h2-10H,11-14,21H2,1H3,(H,22,26). The molecule has 0 bridgehead atoms. The van der Waals surface area contributed by atoms with Gasteiger partial charge in [-0.3, -0.25) is 0 Å². The Kier molecular flexibility index (Phi) is 6.17. The van der Waals surface area contributed by atoms with Crippen LogP contribution in [0.3, 0.4) is 0 Å². The summed E-state index contributed by atoms with van der Waals surface area (Å²) in [6.45, 7) is 1.47. The lowest BCUT2D eigenvalue weighted by Gasteiger charge is -2.17. The van der Waals surface area contributed by atoms with Crippen LogP contribution in [-0.4, -0.2) is 34.7 Å². The number of hydrogen-bond donors (Lipinski definition) is 2. The molecule has 0 aliphatic carbocycles. The summed E-state index contributed by atoms with van der Waals surface area (Å²) in [7, 11) is 1.76. The van der Waals surface area contributed by atoms with Crippen LogP contribution in [0.15, 0.2) is 59.1 Å². The minimum Gasteiger partial charge on any atom is -0.339 e. The number of benzene rings is 2. The van der Waals surface area contributed by atoms with Gasteiger partial charge in [0.05, 0.1) is 0 Å². The van der Waals surface area contributed by atoms with E-state index in [1.54, 1.807) is 11.9 Å². The highest BCUT2D eigenvalue weighted by molar-refractivity contribution is 5.73. The summed E-state index contributed by atoms with van der Waals surface area (Å²) in [6.07, 6.45) is 0.471. The largest absolute Gasteiger partial charge is 0.339 e. The zero-order valence-electron chi connectivity index (χ0n) is 15.3. The lowest BCUT2D eigenvalue weighted by atomic mass is 10.1. The van der Waals surface area contributed by atoms with Crippen molar-refractivity contribution in [1.29, 1.82) is 0 Å². The van der Waals surface area contributed by atoms with Crippen molar-refractivity contribution >= 4 is 6.03 Å². The maximum atomic E-state index is 12.2. The van der Waals surface area contributed by atoms with Gasteiger partial charge in [0.15, 0.2) is 0 Å². The SMILES string of the molecule is CN(Cc1ccccc1)C(=O)NCCc1nc(-c2ccc(CN)cc2)no1. The van der Waals surface area contributed by atoms with Crippen LogP contribution in [0.25, 0.3) is 11.4 Å². The average molecular weight is 365 g/mol. The number of amides is 2. The maximum Gasteiger partial charge on any atom is 0.317 e. The third-order valence-electron chi connectivity index (χ3n) is 4.14. The molecule has 1 heterocycles. The Morgan fingerprint density at radius 3 is 2.56 bits per heavy atom. The summed E-state index contributed by atoms with van der Waals surface area (Å²) >= 11 is 0. The second-order valence-corrected chi connectivity index (χ2v) is 6.24. The Hall–Kier alpha value is -3.19. The molecule has 0 saturated heterocycles. The molecular formula is C20H23N5O2. The van der Waals surface area contributed by atoms with Gasteiger partial charge < -0.3 is 20.5 Å². The molecule has 7 heteroatoms. The van der Waals surface area contributed by atoms with Crippen LogP contribution in [0.4, 0.5) is 4.79 Å². The van der Waals surface area contributed by atoms with Crippen molar-refractivity contribution in [2.24, 2.45) is 5.73 Å². The molecule has 7 nitrogen and oxygen atoms in total. The Labute approximate surface area is 158 Å². The lowest BCUT2D eigenvalue weighted by Crippen LogP contribution is -2.37. The normalized spacial score (nSPS) is 10.6. The zero-order valence-corrected chi connectivity index (χ0v) is 15.3. The number of carbonyl (C=O) groups excluding carboxylic acids is 1. The molecule has 0 saturated carbocycles. The fourth-order valence-corrected chi connectivity index (χ4v) is 2.60. The third kappa shape index (κ3) is 5.15. The number of hydrogen-bond acceptors (Lipinski definition) is 5. The van der Waals surface area contributed by atoms with Gasteiger partial charge in [0.25, 0.3) is 0 Å². The first-order valence-electron chi connectivity index (χ1n) is 8.80. The highest BCUT2D eigenvalue weighted by Crippen LogP contribution is 2.16. The second-order valence-electron chi connectivity index (χ2n) is 6.24. The van der Waals surface area contributed by atoms with E-state index in [-0.39, 0.29) is 6.03 Å². The molecule has 0 aliphatic heterocycles. The minimum absolute atomic E-state index is 0.143. The van der Waals surface area contributed by atoms with Crippen molar-refractivity contribution < 1.29 is 9.32 Å². The van der Waals surface area contributed by atoms with Crippen LogP contribution in [0.5, 0.6) is 0 Å². The molecule has 140 valence electrons.